The Morgan fingerprint density at radius 2 is 2.05 bits per heavy atom. The molecule has 0 heterocycles. The van der Waals surface area contributed by atoms with Crippen molar-refractivity contribution in [2.24, 2.45) is 0 Å². The van der Waals surface area contributed by atoms with E-state index >= 15 is 0 Å². The minimum absolute atomic E-state index is 0.0372. The van der Waals surface area contributed by atoms with Crippen molar-refractivity contribution >= 4 is 11.9 Å². The van der Waals surface area contributed by atoms with Crippen LogP contribution >= 0.6 is 0 Å². The zero-order valence-corrected chi connectivity index (χ0v) is 11.9. The third-order valence-corrected chi connectivity index (χ3v) is 2.40. The summed E-state index contributed by atoms with van der Waals surface area (Å²) in [7, 11) is 0. The standard InChI is InChI=1S/C14H19FN2O4/c1-2-20-9-5-8-16-14(19)17-13(18)10-21-12-7-4-3-6-11(12)15/h3-4,6-7H,2,5,8-10H2,1H3,(H2,16,17,18,19). The number of urea groups is 1. The second-order valence-electron chi connectivity index (χ2n) is 4.07. The normalized spacial score (nSPS) is 10.0. The van der Waals surface area contributed by atoms with Crippen LogP contribution in [-0.2, 0) is 9.53 Å². The summed E-state index contributed by atoms with van der Waals surface area (Å²) in [6.45, 7) is 3.01. The Morgan fingerprint density at radius 3 is 2.76 bits per heavy atom. The van der Waals surface area contributed by atoms with Crippen molar-refractivity contribution in [2.45, 2.75) is 13.3 Å². The summed E-state index contributed by atoms with van der Waals surface area (Å²) >= 11 is 0. The van der Waals surface area contributed by atoms with Crippen LogP contribution in [0.2, 0.25) is 0 Å². The number of hydrogen-bond donors (Lipinski definition) is 2. The fraction of sp³-hybridized carbons (Fsp3) is 0.429. The van der Waals surface area contributed by atoms with Crippen LogP contribution in [0, 0.1) is 5.82 Å². The maximum Gasteiger partial charge on any atom is 0.321 e. The molecule has 0 bridgehead atoms. The fourth-order valence-electron chi connectivity index (χ4n) is 1.43. The highest BCUT2D eigenvalue weighted by molar-refractivity contribution is 5.94. The highest BCUT2D eigenvalue weighted by atomic mass is 19.1. The molecule has 1 rings (SSSR count). The maximum atomic E-state index is 13.2. The SMILES string of the molecule is CCOCCCNC(=O)NC(=O)COc1ccccc1F. The lowest BCUT2D eigenvalue weighted by atomic mass is 10.3. The first-order valence-corrected chi connectivity index (χ1v) is 6.66. The highest BCUT2D eigenvalue weighted by Crippen LogP contribution is 2.14. The van der Waals surface area contributed by atoms with E-state index in [0.29, 0.717) is 26.2 Å². The number of rotatable bonds is 8. The first kappa shape index (κ1) is 16.9. The Morgan fingerprint density at radius 1 is 1.29 bits per heavy atom. The molecule has 0 saturated carbocycles. The summed E-state index contributed by atoms with van der Waals surface area (Å²) < 4.78 is 23.3. The van der Waals surface area contributed by atoms with E-state index in [1.165, 1.54) is 18.2 Å². The number of carbonyl (C=O) groups excluding carboxylic acids is 2. The number of nitrogens with one attached hydrogen (secondary N) is 2. The quantitative estimate of drug-likeness (QED) is 0.712. The topological polar surface area (TPSA) is 76.7 Å². The summed E-state index contributed by atoms with van der Waals surface area (Å²) in [6.07, 6.45) is 0.654. The van der Waals surface area contributed by atoms with Crippen molar-refractivity contribution in [2.75, 3.05) is 26.4 Å². The van der Waals surface area contributed by atoms with E-state index in [1.807, 2.05) is 6.92 Å². The Labute approximate surface area is 122 Å². The van der Waals surface area contributed by atoms with Crippen LogP contribution in [0.4, 0.5) is 9.18 Å². The van der Waals surface area contributed by atoms with Gasteiger partial charge >= 0.3 is 6.03 Å². The molecule has 21 heavy (non-hydrogen) atoms. The van der Waals surface area contributed by atoms with Crippen LogP contribution < -0.4 is 15.4 Å². The Bertz CT molecular complexity index is 468. The van der Waals surface area contributed by atoms with Gasteiger partial charge in [0, 0.05) is 19.8 Å². The molecule has 1 aromatic carbocycles. The van der Waals surface area contributed by atoms with Crippen LogP contribution in [-0.4, -0.2) is 38.3 Å². The molecule has 0 spiro atoms. The number of imide groups is 1. The van der Waals surface area contributed by atoms with Gasteiger partial charge in [-0.1, -0.05) is 12.1 Å². The molecule has 2 N–H and O–H groups in total. The number of halogens is 1. The molecule has 0 saturated heterocycles. The van der Waals surface area contributed by atoms with Crippen LogP contribution in [0.5, 0.6) is 5.75 Å². The molecule has 3 amide bonds. The molecule has 1 aromatic rings. The van der Waals surface area contributed by atoms with E-state index in [9.17, 15) is 14.0 Å². The zero-order valence-electron chi connectivity index (χ0n) is 11.9. The Hall–Kier alpha value is -2.15. The molecule has 0 aliphatic heterocycles. The van der Waals surface area contributed by atoms with Gasteiger partial charge in [-0.3, -0.25) is 10.1 Å². The summed E-state index contributed by atoms with van der Waals surface area (Å²) in [5.74, 6) is -1.25. The molecule has 0 aromatic heterocycles. The van der Waals surface area contributed by atoms with Crippen LogP contribution in [0.1, 0.15) is 13.3 Å². The van der Waals surface area contributed by atoms with Gasteiger partial charge in [-0.15, -0.1) is 0 Å². The van der Waals surface area contributed by atoms with Crippen molar-refractivity contribution in [1.82, 2.24) is 10.6 Å². The summed E-state index contributed by atoms with van der Waals surface area (Å²) in [4.78, 5) is 22.8. The summed E-state index contributed by atoms with van der Waals surface area (Å²) in [6, 6.07) is 5.10. The molecule has 7 heteroatoms. The lowest BCUT2D eigenvalue weighted by Gasteiger charge is -2.08. The number of benzene rings is 1. The van der Waals surface area contributed by atoms with Gasteiger partial charge in [-0.05, 0) is 25.5 Å². The Kier molecular flexibility index (Phi) is 7.81. The molecule has 0 aliphatic rings. The van der Waals surface area contributed by atoms with Gasteiger partial charge in [0.05, 0.1) is 0 Å². The molecular formula is C14H19FN2O4. The molecule has 6 nitrogen and oxygen atoms in total. The van der Waals surface area contributed by atoms with Crippen molar-refractivity contribution in [1.29, 1.82) is 0 Å². The minimum atomic E-state index is -0.652. The molecular weight excluding hydrogens is 279 g/mol. The molecule has 0 radical (unpaired) electrons. The smallest absolute Gasteiger partial charge is 0.321 e. The van der Waals surface area contributed by atoms with Gasteiger partial charge < -0.3 is 14.8 Å². The first-order chi connectivity index (χ1) is 10.1. The second-order valence-corrected chi connectivity index (χ2v) is 4.07. The third-order valence-electron chi connectivity index (χ3n) is 2.40. The average molecular weight is 298 g/mol. The van der Waals surface area contributed by atoms with E-state index in [4.69, 9.17) is 9.47 Å². The van der Waals surface area contributed by atoms with E-state index in [1.54, 1.807) is 6.07 Å². The van der Waals surface area contributed by atoms with Crippen molar-refractivity contribution in [3.05, 3.63) is 30.1 Å². The van der Waals surface area contributed by atoms with E-state index in [0.717, 1.165) is 0 Å². The molecule has 0 aliphatic carbocycles. The monoisotopic (exact) mass is 298 g/mol. The second kappa shape index (κ2) is 9.71. The van der Waals surface area contributed by atoms with Crippen molar-refractivity contribution < 1.29 is 23.5 Å². The number of hydrogen-bond acceptors (Lipinski definition) is 4. The van der Waals surface area contributed by atoms with E-state index in [2.05, 4.69) is 10.6 Å². The minimum Gasteiger partial charge on any atom is -0.481 e. The third kappa shape index (κ3) is 7.26. The van der Waals surface area contributed by atoms with Gasteiger partial charge in [0.2, 0.25) is 0 Å². The van der Waals surface area contributed by atoms with Crippen molar-refractivity contribution in [3.8, 4) is 5.75 Å². The molecule has 0 unspecified atom stereocenters. The van der Waals surface area contributed by atoms with Gasteiger partial charge in [0.15, 0.2) is 18.2 Å². The van der Waals surface area contributed by atoms with E-state index in [-0.39, 0.29) is 5.75 Å². The van der Waals surface area contributed by atoms with Crippen LogP contribution in [0.3, 0.4) is 0 Å². The van der Waals surface area contributed by atoms with Gasteiger partial charge in [0.25, 0.3) is 5.91 Å². The first-order valence-electron chi connectivity index (χ1n) is 6.66. The van der Waals surface area contributed by atoms with Crippen LogP contribution in [0.15, 0.2) is 24.3 Å². The zero-order chi connectivity index (χ0) is 15.5. The van der Waals surface area contributed by atoms with Crippen molar-refractivity contribution in [3.63, 3.8) is 0 Å². The summed E-state index contributed by atoms with van der Waals surface area (Å²) in [5, 5.41) is 4.58. The Balaban J connectivity index is 2.18. The lowest BCUT2D eigenvalue weighted by Crippen LogP contribution is -2.42. The molecule has 116 valence electrons. The highest BCUT2D eigenvalue weighted by Gasteiger charge is 2.09. The van der Waals surface area contributed by atoms with Crippen LogP contribution in [0.25, 0.3) is 0 Å². The number of amides is 3. The molecule has 0 atom stereocenters. The number of ether oxygens (including phenoxy) is 2. The predicted molar refractivity (Wildman–Crippen MR) is 74.5 cm³/mol. The predicted octanol–water partition coefficient (Wildman–Crippen LogP) is 1.46. The largest absolute Gasteiger partial charge is 0.481 e. The molecule has 0 fully saturated rings. The van der Waals surface area contributed by atoms with E-state index < -0.39 is 24.4 Å². The van der Waals surface area contributed by atoms with Gasteiger partial charge in [-0.25, -0.2) is 9.18 Å². The summed E-state index contributed by atoms with van der Waals surface area (Å²) in [5.41, 5.74) is 0. The fourth-order valence-corrected chi connectivity index (χ4v) is 1.43. The average Bonchev–Trinajstić information content (AvgIpc) is 2.46. The van der Waals surface area contributed by atoms with Gasteiger partial charge in [-0.2, -0.15) is 0 Å². The number of carbonyl (C=O) groups is 2. The maximum absolute atomic E-state index is 13.2. The van der Waals surface area contributed by atoms with Gasteiger partial charge in [0.1, 0.15) is 0 Å². The lowest BCUT2D eigenvalue weighted by molar-refractivity contribution is -0.122. The number of para-hydroxylation sites is 1.